The van der Waals surface area contributed by atoms with E-state index in [1.165, 1.54) is 6.08 Å². The summed E-state index contributed by atoms with van der Waals surface area (Å²) >= 11 is 0. The summed E-state index contributed by atoms with van der Waals surface area (Å²) in [4.78, 5) is 11.2. The van der Waals surface area contributed by atoms with Crippen molar-refractivity contribution in [2.75, 3.05) is 0 Å². The van der Waals surface area contributed by atoms with Gasteiger partial charge in [-0.05, 0) is 38.5 Å². The van der Waals surface area contributed by atoms with Crippen molar-refractivity contribution >= 4 is 5.97 Å². The molecule has 0 atom stereocenters. The quantitative estimate of drug-likeness (QED) is 0.407. The Morgan fingerprint density at radius 3 is 2.64 bits per heavy atom. The minimum Gasteiger partial charge on any atom is -0.423 e. The Morgan fingerprint density at radius 1 is 1.36 bits per heavy atom. The molecule has 0 saturated heterocycles. The highest BCUT2D eigenvalue weighted by Gasteiger charge is 2.00. The second kappa shape index (κ2) is 4.61. The van der Waals surface area contributed by atoms with E-state index in [2.05, 4.69) is 0 Å². The van der Waals surface area contributed by atoms with Crippen LogP contribution in [0.1, 0.15) is 19.4 Å². The number of carbonyl (C=O) groups is 1. The fourth-order valence-electron chi connectivity index (χ4n) is 1.06. The summed E-state index contributed by atoms with van der Waals surface area (Å²) in [6.07, 6.45) is 1.47. The van der Waals surface area contributed by atoms with Crippen molar-refractivity contribution in [2.24, 2.45) is 0 Å². The number of carbonyl (C=O) groups excluding carboxylic acids is 1. The maximum absolute atomic E-state index is 11.2. The van der Waals surface area contributed by atoms with Crippen molar-refractivity contribution in [3.63, 3.8) is 0 Å². The maximum Gasteiger partial charge on any atom is 0.336 e. The van der Waals surface area contributed by atoms with Crippen LogP contribution in [0.5, 0.6) is 5.75 Å². The minimum atomic E-state index is -0.324. The van der Waals surface area contributed by atoms with E-state index in [9.17, 15) is 4.79 Å². The van der Waals surface area contributed by atoms with Gasteiger partial charge in [0, 0.05) is 6.08 Å². The molecule has 0 N–H and O–H groups in total. The van der Waals surface area contributed by atoms with Gasteiger partial charge in [0.25, 0.3) is 0 Å². The summed E-state index contributed by atoms with van der Waals surface area (Å²) in [6.45, 7) is 5.67. The molecule has 14 heavy (non-hydrogen) atoms. The zero-order chi connectivity index (χ0) is 10.6. The molecule has 0 aliphatic heterocycles. The van der Waals surface area contributed by atoms with E-state index in [1.807, 2.05) is 39.0 Å². The molecule has 2 heteroatoms. The molecule has 0 aromatic heterocycles. The first-order valence-corrected chi connectivity index (χ1v) is 4.51. The van der Waals surface area contributed by atoms with Crippen molar-refractivity contribution < 1.29 is 9.53 Å². The van der Waals surface area contributed by atoms with Crippen LogP contribution in [0.2, 0.25) is 0 Å². The lowest BCUT2D eigenvalue weighted by atomic mass is 10.2. The highest BCUT2D eigenvalue weighted by atomic mass is 16.5. The van der Waals surface area contributed by atoms with Crippen LogP contribution >= 0.6 is 0 Å². The summed E-state index contributed by atoms with van der Waals surface area (Å²) in [5, 5.41) is 0. The molecule has 1 aromatic carbocycles. The van der Waals surface area contributed by atoms with Gasteiger partial charge in [0.2, 0.25) is 0 Å². The summed E-state index contributed by atoms with van der Waals surface area (Å²) in [7, 11) is 0. The zero-order valence-electron chi connectivity index (χ0n) is 8.70. The molecule has 1 rings (SSSR count). The average molecular weight is 190 g/mol. The van der Waals surface area contributed by atoms with Gasteiger partial charge in [-0.3, -0.25) is 0 Å². The number of hydrogen-bond acceptors (Lipinski definition) is 2. The number of rotatable bonds is 2. The second-order valence-corrected chi connectivity index (χ2v) is 3.46. The van der Waals surface area contributed by atoms with Crippen LogP contribution in [0.3, 0.4) is 0 Å². The third kappa shape index (κ3) is 3.44. The van der Waals surface area contributed by atoms with Crippen LogP contribution in [0.4, 0.5) is 0 Å². The highest BCUT2D eigenvalue weighted by molar-refractivity contribution is 5.84. The first-order chi connectivity index (χ1) is 6.58. The van der Waals surface area contributed by atoms with Crippen molar-refractivity contribution in [1.82, 2.24) is 0 Å². The largest absolute Gasteiger partial charge is 0.423 e. The van der Waals surface area contributed by atoms with E-state index >= 15 is 0 Å². The molecule has 0 fully saturated rings. The first kappa shape index (κ1) is 10.5. The molecule has 0 spiro atoms. The third-order valence-electron chi connectivity index (χ3n) is 1.61. The van der Waals surface area contributed by atoms with Gasteiger partial charge in [-0.1, -0.05) is 17.7 Å². The minimum absolute atomic E-state index is 0.324. The van der Waals surface area contributed by atoms with Crippen LogP contribution in [0.25, 0.3) is 0 Å². The molecule has 0 bridgehead atoms. The van der Waals surface area contributed by atoms with Crippen molar-refractivity contribution in [3.05, 3.63) is 41.5 Å². The lowest BCUT2D eigenvalue weighted by Crippen LogP contribution is -2.04. The van der Waals surface area contributed by atoms with Crippen LogP contribution < -0.4 is 4.74 Å². The van der Waals surface area contributed by atoms with Gasteiger partial charge >= 0.3 is 5.97 Å². The number of esters is 1. The molecule has 74 valence electrons. The van der Waals surface area contributed by atoms with Gasteiger partial charge in [-0.15, -0.1) is 0 Å². The zero-order valence-corrected chi connectivity index (χ0v) is 8.70. The summed E-state index contributed by atoms with van der Waals surface area (Å²) in [6, 6.07) is 7.42. The fourth-order valence-corrected chi connectivity index (χ4v) is 1.06. The van der Waals surface area contributed by atoms with Crippen LogP contribution in [0, 0.1) is 6.92 Å². The first-order valence-electron chi connectivity index (χ1n) is 4.51. The topological polar surface area (TPSA) is 26.3 Å². The highest BCUT2D eigenvalue weighted by Crippen LogP contribution is 2.12. The SMILES string of the molecule is CC(C)=CC(=O)Oc1cccc(C)c1. The number of ether oxygens (including phenoxy) is 1. The molecule has 0 aliphatic rings. The van der Waals surface area contributed by atoms with Crippen LogP contribution in [0.15, 0.2) is 35.9 Å². The Labute approximate surface area is 84.2 Å². The molecule has 0 radical (unpaired) electrons. The molecule has 2 nitrogen and oxygen atoms in total. The molecular weight excluding hydrogens is 176 g/mol. The Bertz CT molecular complexity index is 360. The Kier molecular flexibility index (Phi) is 3.46. The van der Waals surface area contributed by atoms with Crippen LogP contribution in [-0.4, -0.2) is 5.97 Å². The van der Waals surface area contributed by atoms with Gasteiger partial charge in [-0.25, -0.2) is 4.79 Å². The van der Waals surface area contributed by atoms with E-state index in [1.54, 1.807) is 6.07 Å². The van der Waals surface area contributed by atoms with E-state index in [0.717, 1.165) is 11.1 Å². The van der Waals surface area contributed by atoms with E-state index in [0.29, 0.717) is 5.75 Å². The lowest BCUT2D eigenvalue weighted by Gasteiger charge is -2.01. The summed E-state index contributed by atoms with van der Waals surface area (Å²) in [5.41, 5.74) is 2.01. The van der Waals surface area contributed by atoms with Crippen LogP contribution in [-0.2, 0) is 4.79 Å². The molecule has 0 unspecified atom stereocenters. The van der Waals surface area contributed by atoms with Crippen molar-refractivity contribution in [1.29, 1.82) is 0 Å². The molecule has 0 saturated carbocycles. The smallest absolute Gasteiger partial charge is 0.336 e. The van der Waals surface area contributed by atoms with E-state index < -0.39 is 0 Å². The molecule has 1 aromatic rings. The van der Waals surface area contributed by atoms with Gasteiger partial charge in [0.05, 0.1) is 0 Å². The third-order valence-corrected chi connectivity index (χ3v) is 1.61. The Balaban J connectivity index is 2.70. The number of benzene rings is 1. The van der Waals surface area contributed by atoms with Gasteiger partial charge in [-0.2, -0.15) is 0 Å². The number of allylic oxidation sites excluding steroid dienone is 1. The van der Waals surface area contributed by atoms with Crippen molar-refractivity contribution in [3.8, 4) is 5.75 Å². The predicted octanol–water partition coefficient (Wildman–Crippen LogP) is 2.87. The maximum atomic E-state index is 11.2. The molecular formula is C12H14O2. The van der Waals surface area contributed by atoms with Gasteiger partial charge in [0.15, 0.2) is 0 Å². The Hall–Kier alpha value is -1.57. The number of aryl methyl sites for hydroxylation is 1. The average Bonchev–Trinajstić information content (AvgIpc) is 2.01. The monoisotopic (exact) mass is 190 g/mol. The van der Waals surface area contributed by atoms with E-state index in [-0.39, 0.29) is 5.97 Å². The Morgan fingerprint density at radius 2 is 2.07 bits per heavy atom. The fraction of sp³-hybridized carbons (Fsp3) is 0.250. The second-order valence-electron chi connectivity index (χ2n) is 3.46. The molecule has 0 aliphatic carbocycles. The van der Waals surface area contributed by atoms with E-state index in [4.69, 9.17) is 4.74 Å². The normalized spacial score (nSPS) is 9.36. The molecule has 0 amide bonds. The summed E-state index contributed by atoms with van der Waals surface area (Å²) < 4.78 is 5.09. The number of hydrogen-bond donors (Lipinski definition) is 0. The molecule has 0 heterocycles. The van der Waals surface area contributed by atoms with Gasteiger partial charge in [0.1, 0.15) is 5.75 Å². The summed E-state index contributed by atoms with van der Waals surface area (Å²) in [5.74, 6) is 0.267. The lowest BCUT2D eigenvalue weighted by molar-refractivity contribution is -0.129. The van der Waals surface area contributed by atoms with Gasteiger partial charge < -0.3 is 4.74 Å². The standard InChI is InChI=1S/C12H14O2/c1-9(2)7-12(13)14-11-6-4-5-10(3)8-11/h4-8H,1-3H3. The van der Waals surface area contributed by atoms with Crippen molar-refractivity contribution in [2.45, 2.75) is 20.8 Å². The predicted molar refractivity (Wildman–Crippen MR) is 56.2 cm³/mol.